The summed E-state index contributed by atoms with van der Waals surface area (Å²) in [4.78, 5) is 2.13. The molecule has 0 atom stereocenters. The Bertz CT molecular complexity index is 411. The maximum absolute atomic E-state index is 5.80. The van der Waals surface area contributed by atoms with Crippen molar-refractivity contribution in [3.05, 3.63) is 24.3 Å². The van der Waals surface area contributed by atoms with Crippen LogP contribution >= 0.6 is 0 Å². The number of benzene rings is 1. The molecule has 1 aromatic rings. The molecule has 0 unspecified atom stereocenters. The zero-order chi connectivity index (χ0) is 15.1. The van der Waals surface area contributed by atoms with Crippen molar-refractivity contribution in [2.24, 2.45) is 5.92 Å². The Balaban J connectivity index is 1.81. The average molecular weight is 290 g/mol. The van der Waals surface area contributed by atoms with Crippen molar-refractivity contribution in [3.8, 4) is 5.75 Å². The van der Waals surface area contributed by atoms with E-state index in [4.69, 9.17) is 4.74 Å². The highest BCUT2D eigenvalue weighted by atomic mass is 16.5. The Morgan fingerprint density at radius 3 is 2.62 bits per heavy atom. The third-order valence-electron chi connectivity index (χ3n) is 4.44. The molecule has 1 fully saturated rings. The number of ether oxygens (including phenoxy) is 1. The normalized spacial score (nSPS) is 22.3. The lowest BCUT2D eigenvalue weighted by Gasteiger charge is -2.29. The highest BCUT2D eigenvalue weighted by Crippen LogP contribution is 2.29. The Labute approximate surface area is 129 Å². The number of hydrogen-bond donors (Lipinski definition) is 1. The van der Waals surface area contributed by atoms with Gasteiger partial charge in [-0.15, -0.1) is 0 Å². The zero-order valence-electron chi connectivity index (χ0n) is 13.8. The minimum Gasteiger partial charge on any atom is -0.492 e. The van der Waals surface area contributed by atoms with Crippen molar-refractivity contribution in [1.29, 1.82) is 0 Å². The second-order valence-electron chi connectivity index (χ2n) is 6.45. The molecule has 3 heteroatoms. The maximum atomic E-state index is 5.80. The van der Waals surface area contributed by atoms with Gasteiger partial charge in [0.05, 0.1) is 0 Å². The molecule has 2 rings (SSSR count). The number of anilines is 1. The van der Waals surface area contributed by atoms with E-state index >= 15 is 0 Å². The van der Waals surface area contributed by atoms with Gasteiger partial charge in [0, 0.05) is 24.3 Å². The first kappa shape index (κ1) is 16.2. The van der Waals surface area contributed by atoms with Gasteiger partial charge in [0.25, 0.3) is 0 Å². The Kier molecular flexibility index (Phi) is 6.37. The van der Waals surface area contributed by atoms with Crippen LogP contribution < -0.4 is 10.1 Å². The highest BCUT2D eigenvalue weighted by Gasteiger charge is 2.19. The fourth-order valence-electron chi connectivity index (χ4n) is 2.97. The first-order valence-corrected chi connectivity index (χ1v) is 8.31. The van der Waals surface area contributed by atoms with E-state index in [-0.39, 0.29) is 0 Å². The van der Waals surface area contributed by atoms with Crippen LogP contribution in [0.3, 0.4) is 0 Å². The molecule has 0 amide bonds. The van der Waals surface area contributed by atoms with Crippen LogP contribution in [0.25, 0.3) is 0 Å². The lowest BCUT2D eigenvalue weighted by molar-refractivity contribution is 0.261. The summed E-state index contributed by atoms with van der Waals surface area (Å²) in [7, 11) is 4.13. The summed E-state index contributed by atoms with van der Waals surface area (Å²) in [5, 5.41) is 3.67. The van der Waals surface area contributed by atoms with Crippen molar-refractivity contribution in [3.63, 3.8) is 0 Å². The van der Waals surface area contributed by atoms with Gasteiger partial charge in [-0.1, -0.05) is 19.4 Å². The minimum atomic E-state index is 0.629. The average Bonchev–Trinajstić information content (AvgIpc) is 2.48. The number of nitrogens with zero attached hydrogens (tertiary/aromatic N) is 1. The van der Waals surface area contributed by atoms with Crippen LogP contribution in [0.15, 0.2) is 24.3 Å². The Morgan fingerprint density at radius 1 is 1.19 bits per heavy atom. The van der Waals surface area contributed by atoms with Gasteiger partial charge in [0.15, 0.2) is 0 Å². The third kappa shape index (κ3) is 5.58. The van der Waals surface area contributed by atoms with Gasteiger partial charge in [-0.3, -0.25) is 0 Å². The maximum Gasteiger partial charge on any atom is 0.121 e. The van der Waals surface area contributed by atoms with Crippen molar-refractivity contribution in [1.82, 2.24) is 4.90 Å². The molecule has 0 radical (unpaired) electrons. The molecule has 1 saturated carbocycles. The van der Waals surface area contributed by atoms with E-state index in [0.717, 1.165) is 24.8 Å². The van der Waals surface area contributed by atoms with Crippen molar-refractivity contribution in [2.45, 2.75) is 45.1 Å². The fraction of sp³-hybridized carbons (Fsp3) is 0.667. The van der Waals surface area contributed by atoms with E-state index in [1.165, 1.54) is 37.8 Å². The van der Waals surface area contributed by atoms with E-state index in [9.17, 15) is 0 Å². The smallest absolute Gasteiger partial charge is 0.121 e. The van der Waals surface area contributed by atoms with Gasteiger partial charge in [-0.2, -0.15) is 0 Å². The molecule has 0 heterocycles. The molecule has 0 saturated heterocycles. The quantitative estimate of drug-likeness (QED) is 0.821. The summed E-state index contributed by atoms with van der Waals surface area (Å²) >= 11 is 0. The second kappa shape index (κ2) is 8.28. The summed E-state index contributed by atoms with van der Waals surface area (Å²) < 4.78 is 5.80. The molecule has 118 valence electrons. The van der Waals surface area contributed by atoms with Crippen LogP contribution in [0, 0.1) is 5.92 Å². The van der Waals surface area contributed by atoms with Crippen LogP contribution in [0.1, 0.15) is 39.0 Å². The van der Waals surface area contributed by atoms with Gasteiger partial charge in [0.1, 0.15) is 12.4 Å². The Hall–Kier alpha value is -1.22. The van der Waals surface area contributed by atoms with E-state index in [2.05, 4.69) is 49.4 Å². The van der Waals surface area contributed by atoms with Gasteiger partial charge in [0.2, 0.25) is 0 Å². The van der Waals surface area contributed by atoms with E-state index in [1.54, 1.807) is 0 Å². The number of rotatable bonds is 7. The third-order valence-corrected chi connectivity index (χ3v) is 4.44. The topological polar surface area (TPSA) is 24.5 Å². The number of nitrogens with one attached hydrogen (secondary N) is 1. The van der Waals surface area contributed by atoms with Crippen LogP contribution in [-0.2, 0) is 0 Å². The molecule has 1 aliphatic rings. The number of hydrogen-bond acceptors (Lipinski definition) is 3. The van der Waals surface area contributed by atoms with Crippen molar-refractivity contribution < 1.29 is 4.74 Å². The fourth-order valence-corrected chi connectivity index (χ4v) is 2.97. The number of likely N-dealkylation sites (N-methyl/N-ethyl adjacent to an activating group) is 1. The molecule has 1 aliphatic carbocycles. The van der Waals surface area contributed by atoms with Crippen LogP contribution in [0.4, 0.5) is 5.69 Å². The largest absolute Gasteiger partial charge is 0.492 e. The summed E-state index contributed by atoms with van der Waals surface area (Å²) in [6.45, 7) is 3.99. The second-order valence-corrected chi connectivity index (χ2v) is 6.45. The van der Waals surface area contributed by atoms with Gasteiger partial charge >= 0.3 is 0 Å². The molecule has 0 aliphatic heterocycles. The predicted molar refractivity (Wildman–Crippen MR) is 90.2 cm³/mol. The summed E-state index contributed by atoms with van der Waals surface area (Å²) in [5.74, 6) is 1.91. The van der Waals surface area contributed by atoms with Crippen LogP contribution in [0.2, 0.25) is 0 Å². The molecule has 0 spiro atoms. The summed E-state index contributed by atoms with van der Waals surface area (Å²) in [6.07, 6.45) is 6.66. The van der Waals surface area contributed by atoms with Gasteiger partial charge in [-0.05, 0) is 57.8 Å². The van der Waals surface area contributed by atoms with Gasteiger partial charge in [-0.25, -0.2) is 0 Å². The van der Waals surface area contributed by atoms with E-state index in [0.29, 0.717) is 6.04 Å². The summed E-state index contributed by atoms with van der Waals surface area (Å²) in [5.41, 5.74) is 1.19. The monoisotopic (exact) mass is 290 g/mol. The van der Waals surface area contributed by atoms with E-state index < -0.39 is 0 Å². The molecular weight excluding hydrogens is 260 g/mol. The Morgan fingerprint density at radius 2 is 1.95 bits per heavy atom. The molecule has 1 aromatic carbocycles. The molecule has 3 nitrogen and oxygen atoms in total. The SMILES string of the molecule is CCC1CCC(Nc2cccc(OCCN(C)C)c2)CC1. The lowest BCUT2D eigenvalue weighted by Crippen LogP contribution is -2.25. The summed E-state index contributed by atoms with van der Waals surface area (Å²) in [6, 6.07) is 9.01. The predicted octanol–water partition coefficient (Wildman–Crippen LogP) is 4.01. The molecule has 1 N–H and O–H groups in total. The lowest BCUT2D eigenvalue weighted by atomic mass is 9.84. The molecule has 21 heavy (non-hydrogen) atoms. The first-order valence-electron chi connectivity index (χ1n) is 8.31. The minimum absolute atomic E-state index is 0.629. The first-order chi connectivity index (χ1) is 10.2. The zero-order valence-corrected chi connectivity index (χ0v) is 13.8. The van der Waals surface area contributed by atoms with Gasteiger partial charge < -0.3 is 15.0 Å². The van der Waals surface area contributed by atoms with Crippen LogP contribution in [0.5, 0.6) is 5.75 Å². The van der Waals surface area contributed by atoms with Crippen LogP contribution in [-0.4, -0.2) is 38.2 Å². The molecular formula is C18H30N2O. The highest BCUT2D eigenvalue weighted by molar-refractivity contribution is 5.48. The molecule has 0 aromatic heterocycles. The van der Waals surface area contributed by atoms with Crippen molar-refractivity contribution in [2.75, 3.05) is 32.6 Å². The van der Waals surface area contributed by atoms with E-state index in [1.807, 2.05) is 6.07 Å². The van der Waals surface area contributed by atoms with Crippen molar-refractivity contribution >= 4 is 5.69 Å². The molecule has 0 bridgehead atoms. The standard InChI is InChI=1S/C18H30N2O/c1-4-15-8-10-16(11-9-15)19-17-6-5-7-18(14-17)21-13-12-20(2)3/h5-7,14-16,19H,4,8-13H2,1-3H3.